The van der Waals surface area contributed by atoms with E-state index in [1.807, 2.05) is 24.3 Å². The van der Waals surface area contributed by atoms with Crippen molar-refractivity contribution >= 4 is 16.0 Å². The van der Waals surface area contributed by atoms with E-state index in [1.165, 1.54) is 0 Å². The van der Waals surface area contributed by atoms with E-state index < -0.39 is 10.0 Å². The molecule has 148 valence electrons. The predicted octanol–water partition coefficient (Wildman–Crippen LogP) is 1.89. The van der Waals surface area contributed by atoms with Crippen LogP contribution in [0, 0.1) is 5.92 Å². The second-order valence-electron chi connectivity index (χ2n) is 6.66. The summed E-state index contributed by atoms with van der Waals surface area (Å²) in [5.41, 5.74) is 1.13. The molecule has 1 atom stereocenters. The Morgan fingerprint density at radius 1 is 1.15 bits per heavy atom. The minimum atomic E-state index is -3.13. The molecule has 1 unspecified atom stereocenters. The highest BCUT2D eigenvalue weighted by molar-refractivity contribution is 7.88. The first kappa shape index (κ1) is 22.2. The standard InChI is InChI=1S/C18H32N4O3S/c1-14(2)13-25-17-9-7-16(8-10-17)15(3)22-18(19-4)20-11-6-12-21-26(5,23)24/h7-10,14-15,21H,6,11-13H2,1-5H3,(H2,19,20,22). The van der Waals surface area contributed by atoms with Crippen molar-refractivity contribution in [3.63, 3.8) is 0 Å². The van der Waals surface area contributed by atoms with Crippen molar-refractivity contribution in [2.75, 3.05) is 33.0 Å². The van der Waals surface area contributed by atoms with Gasteiger partial charge >= 0.3 is 0 Å². The molecule has 0 amide bonds. The summed E-state index contributed by atoms with van der Waals surface area (Å²) in [5, 5.41) is 6.50. The molecule has 1 aromatic rings. The average molecular weight is 385 g/mol. The minimum absolute atomic E-state index is 0.0782. The maximum absolute atomic E-state index is 11.0. The summed E-state index contributed by atoms with van der Waals surface area (Å²) < 4.78 is 30.2. The lowest BCUT2D eigenvalue weighted by Gasteiger charge is -2.19. The van der Waals surface area contributed by atoms with Gasteiger partial charge in [0.15, 0.2) is 5.96 Å². The molecule has 1 aromatic carbocycles. The number of hydrogen-bond donors (Lipinski definition) is 3. The third-order valence-corrected chi connectivity index (χ3v) is 4.28. The van der Waals surface area contributed by atoms with Gasteiger partial charge in [-0.3, -0.25) is 4.99 Å². The third kappa shape index (κ3) is 9.62. The quantitative estimate of drug-likeness (QED) is 0.325. The number of ether oxygens (including phenoxy) is 1. The highest BCUT2D eigenvalue weighted by Gasteiger charge is 2.08. The molecule has 0 saturated carbocycles. The molecule has 0 bridgehead atoms. The minimum Gasteiger partial charge on any atom is -0.493 e. The Morgan fingerprint density at radius 2 is 1.81 bits per heavy atom. The molecule has 1 rings (SSSR count). The molecule has 0 aliphatic rings. The normalized spacial score (nSPS) is 13.5. The van der Waals surface area contributed by atoms with Gasteiger partial charge in [-0.15, -0.1) is 0 Å². The van der Waals surface area contributed by atoms with E-state index in [0.717, 1.165) is 17.6 Å². The summed E-state index contributed by atoms with van der Waals surface area (Å²) in [7, 11) is -1.42. The van der Waals surface area contributed by atoms with Crippen molar-refractivity contribution in [3.05, 3.63) is 29.8 Å². The number of nitrogens with zero attached hydrogens (tertiary/aromatic N) is 1. The number of aliphatic imine (C=N–C) groups is 1. The molecule has 26 heavy (non-hydrogen) atoms. The number of hydrogen-bond acceptors (Lipinski definition) is 4. The summed E-state index contributed by atoms with van der Waals surface area (Å²) in [5.74, 6) is 2.05. The largest absolute Gasteiger partial charge is 0.493 e. The average Bonchev–Trinajstić information content (AvgIpc) is 2.57. The topological polar surface area (TPSA) is 91.8 Å². The number of rotatable bonds is 10. The zero-order valence-electron chi connectivity index (χ0n) is 16.4. The van der Waals surface area contributed by atoms with Gasteiger partial charge in [-0.2, -0.15) is 0 Å². The van der Waals surface area contributed by atoms with E-state index >= 15 is 0 Å². The molecule has 0 spiro atoms. The molecule has 0 radical (unpaired) electrons. The van der Waals surface area contributed by atoms with E-state index in [0.29, 0.717) is 38.0 Å². The second kappa shape index (κ2) is 11.0. The van der Waals surface area contributed by atoms with Crippen molar-refractivity contribution in [2.45, 2.75) is 33.2 Å². The molecule has 0 aromatic heterocycles. The maximum Gasteiger partial charge on any atom is 0.208 e. The van der Waals surface area contributed by atoms with E-state index in [-0.39, 0.29) is 6.04 Å². The zero-order chi connectivity index (χ0) is 19.6. The molecular weight excluding hydrogens is 352 g/mol. The first-order valence-electron chi connectivity index (χ1n) is 8.86. The molecular formula is C18H32N4O3S. The Hall–Kier alpha value is -1.80. The van der Waals surface area contributed by atoms with Gasteiger partial charge in [0.05, 0.1) is 18.9 Å². The fourth-order valence-electron chi connectivity index (χ4n) is 2.15. The molecule has 0 aliphatic heterocycles. The predicted molar refractivity (Wildman–Crippen MR) is 107 cm³/mol. The van der Waals surface area contributed by atoms with E-state index in [1.54, 1.807) is 7.05 Å². The van der Waals surface area contributed by atoms with Crippen LogP contribution in [-0.4, -0.2) is 47.4 Å². The SMILES string of the molecule is CN=C(NCCCNS(C)(=O)=O)NC(C)c1ccc(OCC(C)C)cc1. The van der Waals surface area contributed by atoms with Crippen LogP contribution in [0.1, 0.15) is 38.8 Å². The fraction of sp³-hybridized carbons (Fsp3) is 0.611. The first-order chi connectivity index (χ1) is 12.2. The Labute approximate surface area is 157 Å². The lowest BCUT2D eigenvalue weighted by Crippen LogP contribution is -2.39. The summed E-state index contributed by atoms with van der Waals surface area (Å²) in [6.07, 6.45) is 1.83. The smallest absolute Gasteiger partial charge is 0.208 e. The number of sulfonamides is 1. The summed E-state index contributed by atoms with van der Waals surface area (Å²) in [6, 6.07) is 8.11. The van der Waals surface area contributed by atoms with Gasteiger partial charge in [0.25, 0.3) is 0 Å². The highest BCUT2D eigenvalue weighted by atomic mass is 32.2. The zero-order valence-corrected chi connectivity index (χ0v) is 17.2. The molecule has 0 aliphatic carbocycles. The van der Waals surface area contributed by atoms with Gasteiger partial charge in [0, 0.05) is 20.1 Å². The Balaban J connectivity index is 2.42. The summed E-state index contributed by atoms with van der Waals surface area (Å²) >= 11 is 0. The maximum atomic E-state index is 11.0. The molecule has 0 saturated heterocycles. The molecule has 0 fully saturated rings. The van der Waals surface area contributed by atoms with Crippen LogP contribution in [0.3, 0.4) is 0 Å². The van der Waals surface area contributed by atoms with Crippen molar-refractivity contribution in [3.8, 4) is 5.75 Å². The lowest BCUT2D eigenvalue weighted by atomic mass is 10.1. The van der Waals surface area contributed by atoms with Crippen LogP contribution in [0.15, 0.2) is 29.3 Å². The highest BCUT2D eigenvalue weighted by Crippen LogP contribution is 2.18. The van der Waals surface area contributed by atoms with Crippen LogP contribution in [-0.2, 0) is 10.0 Å². The van der Waals surface area contributed by atoms with Crippen molar-refractivity contribution in [1.82, 2.24) is 15.4 Å². The van der Waals surface area contributed by atoms with Crippen LogP contribution < -0.4 is 20.1 Å². The summed E-state index contributed by atoms with van der Waals surface area (Å²) in [6.45, 7) is 8.03. The van der Waals surface area contributed by atoms with E-state index in [9.17, 15) is 8.42 Å². The number of guanidine groups is 1. The van der Waals surface area contributed by atoms with Gasteiger partial charge in [-0.25, -0.2) is 13.1 Å². The van der Waals surface area contributed by atoms with Crippen LogP contribution in [0.4, 0.5) is 0 Å². The van der Waals surface area contributed by atoms with Gasteiger partial charge in [0.1, 0.15) is 5.75 Å². The number of benzene rings is 1. The van der Waals surface area contributed by atoms with Crippen LogP contribution >= 0.6 is 0 Å². The third-order valence-electron chi connectivity index (χ3n) is 3.55. The monoisotopic (exact) mass is 384 g/mol. The Morgan fingerprint density at radius 3 is 2.35 bits per heavy atom. The molecule has 3 N–H and O–H groups in total. The van der Waals surface area contributed by atoms with Crippen molar-refractivity contribution in [1.29, 1.82) is 0 Å². The van der Waals surface area contributed by atoms with E-state index in [2.05, 4.69) is 41.1 Å². The molecule has 8 heteroatoms. The van der Waals surface area contributed by atoms with Crippen LogP contribution in [0.2, 0.25) is 0 Å². The van der Waals surface area contributed by atoms with E-state index in [4.69, 9.17) is 4.74 Å². The molecule has 7 nitrogen and oxygen atoms in total. The molecule has 0 heterocycles. The lowest BCUT2D eigenvalue weighted by molar-refractivity contribution is 0.271. The van der Waals surface area contributed by atoms with Crippen molar-refractivity contribution < 1.29 is 13.2 Å². The van der Waals surface area contributed by atoms with Gasteiger partial charge in [0.2, 0.25) is 10.0 Å². The second-order valence-corrected chi connectivity index (χ2v) is 8.49. The van der Waals surface area contributed by atoms with Crippen LogP contribution in [0.5, 0.6) is 5.75 Å². The Bertz CT molecular complexity index is 658. The van der Waals surface area contributed by atoms with Gasteiger partial charge < -0.3 is 15.4 Å². The van der Waals surface area contributed by atoms with Crippen LogP contribution in [0.25, 0.3) is 0 Å². The Kier molecular flexibility index (Phi) is 9.43. The van der Waals surface area contributed by atoms with Gasteiger partial charge in [-0.05, 0) is 37.0 Å². The van der Waals surface area contributed by atoms with Crippen molar-refractivity contribution in [2.24, 2.45) is 10.9 Å². The first-order valence-corrected chi connectivity index (χ1v) is 10.7. The fourth-order valence-corrected chi connectivity index (χ4v) is 2.67. The van der Waals surface area contributed by atoms with Gasteiger partial charge in [-0.1, -0.05) is 26.0 Å². The summed E-state index contributed by atoms with van der Waals surface area (Å²) in [4.78, 5) is 4.20. The number of nitrogens with one attached hydrogen (secondary N) is 3.